The lowest BCUT2D eigenvalue weighted by atomic mass is 10.0. The first-order valence-corrected chi connectivity index (χ1v) is 9.03. The van der Waals surface area contributed by atoms with Crippen LogP contribution >= 0.6 is 0 Å². The van der Waals surface area contributed by atoms with Crippen LogP contribution in [0.4, 0.5) is 10.5 Å². The van der Waals surface area contributed by atoms with Gasteiger partial charge in [-0.2, -0.15) is 0 Å². The Morgan fingerprint density at radius 2 is 1.42 bits per heavy atom. The summed E-state index contributed by atoms with van der Waals surface area (Å²) in [4.78, 5) is 17.2. The van der Waals surface area contributed by atoms with Gasteiger partial charge in [-0.25, -0.2) is 4.79 Å². The van der Waals surface area contributed by atoms with Crippen LogP contribution in [0.1, 0.15) is 16.7 Å². The van der Waals surface area contributed by atoms with Crippen molar-refractivity contribution in [2.75, 3.05) is 11.4 Å². The minimum atomic E-state index is 0.0644. The molecular formula is C23H22N2O. The fraction of sp³-hybridized carbons (Fsp3) is 0.174. The zero-order valence-electron chi connectivity index (χ0n) is 14.7. The fourth-order valence-corrected chi connectivity index (χ4v) is 3.47. The van der Waals surface area contributed by atoms with Gasteiger partial charge in [-0.3, -0.25) is 4.90 Å². The Labute approximate surface area is 154 Å². The normalized spacial score (nSPS) is 13.2. The quantitative estimate of drug-likeness (QED) is 0.666. The molecule has 3 nitrogen and oxygen atoms in total. The number of para-hydroxylation sites is 1. The van der Waals surface area contributed by atoms with Gasteiger partial charge in [0, 0.05) is 18.8 Å². The summed E-state index contributed by atoms with van der Waals surface area (Å²) in [5.74, 6) is 0. The second kappa shape index (κ2) is 7.44. The molecule has 0 atom stereocenters. The van der Waals surface area contributed by atoms with Gasteiger partial charge in [-0.1, -0.05) is 72.8 Å². The second-order valence-electron chi connectivity index (χ2n) is 6.63. The smallest absolute Gasteiger partial charge is 0.320 e. The van der Waals surface area contributed by atoms with Gasteiger partial charge in [0.1, 0.15) is 0 Å². The number of benzene rings is 3. The van der Waals surface area contributed by atoms with Gasteiger partial charge in [0.05, 0.1) is 6.54 Å². The van der Waals surface area contributed by atoms with Crippen molar-refractivity contribution in [1.82, 2.24) is 4.90 Å². The van der Waals surface area contributed by atoms with E-state index in [1.54, 1.807) is 0 Å². The maximum absolute atomic E-state index is 13.4. The Balaban J connectivity index is 1.60. The molecule has 0 aromatic heterocycles. The molecule has 0 aliphatic carbocycles. The predicted octanol–water partition coefficient (Wildman–Crippen LogP) is 4.87. The number of anilines is 1. The fourth-order valence-electron chi connectivity index (χ4n) is 3.47. The molecule has 0 radical (unpaired) electrons. The molecule has 1 aliphatic heterocycles. The van der Waals surface area contributed by atoms with E-state index in [9.17, 15) is 4.79 Å². The molecule has 1 aliphatic rings. The number of rotatable bonds is 3. The molecule has 2 amide bonds. The van der Waals surface area contributed by atoms with Crippen molar-refractivity contribution in [3.8, 4) is 0 Å². The molecule has 0 saturated carbocycles. The van der Waals surface area contributed by atoms with Crippen molar-refractivity contribution in [3.05, 3.63) is 102 Å². The van der Waals surface area contributed by atoms with E-state index in [0.717, 1.165) is 24.2 Å². The van der Waals surface area contributed by atoms with E-state index in [1.807, 2.05) is 64.4 Å². The van der Waals surface area contributed by atoms with Crippen LogP contribution in [-0.2, 0) is 19.5 Å². The van der Waals surface area contributed by atoms with Crippen LogP contribution in [0.25, 0.3) is 0 Å². The summed E-state index contributed by atoms with van der Waals surface area (Å²) < 4.78 is 0. The molecule has 0 N–H and O–H groups in total. The number of nitrogens with zero attached hydrogens (tertiary/aromatic N) is 2. The summed E-state index contributed by atoms with van der Waals surface area (Å²) in [7, 11) is 0. The minimum Gasteiger partial charge on any atom is -0.320 e. The summed E-state index contributed by atoms with van der Waals surface area (Å²) in [5, 5.41) is 0. The van der Waals surface area contributed by atoms with E-state index in [2.05, 4.69) is 30.3 Å². The molecule has 3 heteroatoms. The number of hydrogen-bond acceptors (Lipinski definition) is 1. The van der Waals surface area contributed by atoms with Crippen molar-refractivity contribution < 1.29 is 4.79 Å². The van der Waals surface area contributed by atoms with Gasteiger partial charge in [0.2, 0.25) is 0 Å². The largest absolute Gasteiger partial charge is 0.325 e. The summed E-state index contributed by atoms with van der Waals surface area (Å²) in [6.07, 6.45) is 0.913. The Kier molecular flexibility index (Phi) is 4.69. The van der Waals surface area contributed by atoms with E-state index >= 15 is 0 Å². The zero-order chi connectivity index (χ0) is 17.8. The van der Waals surface area contributed by atoms with Crippen LogP contribution in [0.15, 0.2) is 84.9 Å². The van der Waals surface area contributed by atoms with Crippen LogP contribution in [0, 0.1) is 0 Å². The topological polar surface area (TPSA) is 23.6 Å². The molecule has 3 aromatic carbocycles. The van der Waals surface area contributed by atoms with Crippen LogP contribution in [0.5, 0.6) is 0 Å². The minimum absolute atomic E-state index is 0.0644. The van der Waals surface area contributed by atoms with E-state index in [0.29, 0.717) is 13.1 Å². The summed E-state index contributed by atoms with van der Waals surface area (Å²) in [6.45, 7) is 2.00. The van der Waals surface area contributed by atoms with Crippen LogP contribution in [0.3, 0.4) is 0 Å². The van der Waals surface area contributed by atoms with E-state index in [4.69, 9.17) is 0 Å². The van der Waals surface area contributed by atoms with Crippen molar-refractivity contribution in [3.63, 3.8) is 0 Å². The first-order valence-electron chi connectivity index (χ1n) is 9.03. The average Bonchev–Trinajstić information content (AvgIpc) is 2.72. The first kappa shape index (κ1) is 16.4. The molecule has 0 fully saturated rings. The molecular weight excluding hydrogens is 320 g/mol. The molecule has 0 unspecified atom stereocenters. The molecule has 0 spiro atoms. The lowest BCUT2D eigenvalue weighted by molar-refractivity contribution is 0.199. The third-order valence-corrected chi connectivity index (χ3v) is 4.88. The van der Waals surface area contributed by atoms with Crippen molar-refractivity contribution >= 4 is 11.7 Å². The maximum atomic E-state index is 13.4. The zero-order valence-corrected chi connectivity index (χ0v) is 14.7. The van der Waals surface area contributed by atoms with Crippen LogP contribution < -0.4 is 4.90 Å². The number of fused-ring (bicyclic) bond motifs is 1. The van der Waals surface area contributed by atoms with Gasteiger partial charge in [-0.15, -0.1) is 0 Å². The SMILES string of the molecule is O=C(N1CCc2ccccc2C1)N(Cc1ccccc1)c1ccccc1. The van der Waals surface area contributed by atoms with E-state index in [-0.39, 0.29) is 6.03 Å². The van der Waals surface area contributed by atoms with Crippen molar-refractivity contribution in [2.24, 2.45) is 0 Å². The lowest BCUT2D eigenvalue weighted by Gasteiger charge is -2.34. The molecule has 130 valence electrons. The van der Waals surface area contributed by atoms with Gasteiger partial charge >= 0.3 is 6.03 Å². The third kappa shape index (κ3) is 3.47. The monoisotopic (exact) mass is 342 g/mol. The summed E-state index contributed by atoms with van der Waals surface area (Å²) in [5.41, 5.74) is 4.66. The molecule has 26 heavy (non-hydrogen) atoms. The number of carbonyl (C=O) groups excluding carboxylic acids is 1. The summed E-state index contributed by atoms with van der Waals surface area (Å²) >= 11 is 0. The predicted molar refractivity (Wildman–Crippen MR) is 105 cm³/mol. The number of carbonyl (C=O) groups is 1. The van der Waals surface area contributed by atoms with Gasteiger partial charge in [-0.05, 0) is 35.2 Å². The second-order valence-corrected chi connectivity index (χ2v) is 6.63. The summed E-state index contributed by atoms with van der Waals surface area (Å²) in [6, 6.07) is 28.6. The Morgan fingerprint density at radius 1 is 0.808 bits per heavy atom. The highest BCUT2D eigenvalue weighted by Crippen LogP contribution is 2.23. The standard InChI is InChI=1S/C23H22N2O/c26-23(24-16-15-20-11-7-8-12-21(20)18-24)25(22-13-5-2-6-14-22)17-19-9-3-1-4-10-19/h1-14H,15-18H2. The molecule has 1 heterocycles. The highest BCUT2D eigenvalue weighted by Gasteiger charge is 2.26. The third-order valence-electron chi connectivity index (χ3n) is 4.88. The van der Waals surface area contributed by atoms with Gasteiger partial charge in [0.15, 0.2) is 0 Å². The lowest BCUT2D eigenvalue weighted by Crippen LogP contribution is -2.45. The molecule has 0 saturated heterocycles. The first-order chi connectivity index (χ1) is 12.8. The number of urea groups is 1. The molecule has 4 rings (SSSR count). The highest BCUT2D eigenvalue weighted by atomic mass is 16.2. The van der Waals surface area contributed by atoms with E-state index in [1.165, 1.54) is 11.1 Å². The molecule has 3 aromatic rings. The Morgan fingerprint density at radius 3 is 2.15 bits per heavy atom. The van der Waals surface area contributed by atoms with Crippen molar-refractivity contribution in [1.29, 1.82) is 0 Å². The number of amides is 2. The molecule has 0 bridgehead atoms. The Hall–Kier alpha value is -3.07. The van der Waals surface area contributed by atoms with Gasteiger partial charge in [0.25, 0.3) is 0 Å². The van der Waals surface area contributed by atoms with Crippen LogP contribution in [-0.4, -0.2) is 17.5 Å². The highest BCUT2D eigenvalue weighted by molar-refractivity contribution is 5.92. The Bertz CT molecular complexity index is 877. The average molecular weight is 342 g/mol. The van der Waals surface area contributed by atoms with Crippen LogP contribution in [0.2, 0.25) is 0 Å². The van der Waals surface area contributed by atoms with Gasteiger partial charge < -0.3 is 4.90 Å². The maximum Gasteiger partial charge on any atom is 0.325 e. The van der Waals surface area contributed by atoms with Crippen molar-refractivity contribution in [2.45, 2.75) is 19.5 Å². The van der Waals surface area contributed by atoms with E-state index < -0.39 is 0 Å². The number of hydrogen-bond donors (Lipinski definition) is 0.